The van der Waals surface area contributed by atoms with E-state index in [1.54, 1.807) is 18.1 Å². The van der Waals surface area contributed by atoms with E-state index in [-0.39, 0.29) is 0 Å². The molecule has 100 valence electrons. The van der Waals surface area contributed by atoms with Crippen LogP contribution in [0, 0.1) is 0 Å². The molecule has 0 spiro atoms. The van der Waals surface area contributed by atoms with Crippen LogP contribution in [0.3, 0.4) is 0 Å². The van der Waals surface area contributed by atoms with Crippen LogP contribution in [-0.4, -0.2) is 21.5 Å². The molecule has 5 heteroatoms. The Bertz CT molecular complexity index is 707. The lowest BCUT2D eigenvalue weighted by atomic mass is 10.2. The zero-order chi connectivity index (χ0) is 13.8. The highest BCUT2D eigenvalue weighted by Gasteiger charge is 2.06. The van der Waals surface area contributed by atoms with E-state index in [0.717, 1.165) is 32.9 Å². The predicted octanol–water partition coefficient (Wildman–Crippen LogP) is 2.68. The lowest BCUT2D eigenvalue weighted by Crippen LogP contribution is -2.02. The molecule has 0 saturated carbocycles. The van der Waals surface area contributed by atoms with Gasteiger partial charge in [-0.15, -0.1) is 0 Å². The number of fused-ring (bicyclic) bond motifs is 1. The van der Waals surface area contributed by atoms with Crippen molar-refractivity contribution in [3.8, 4) is 0 Å². The molecule has 2 aromatic heterocycles. The first-order valence-corrected chi connectivity index (χ1v) is 7.21. The number of benzene rings is 1. The van der Waals surface area contributed by atoms with Crippen LogP contribution in [0.5, 0.6) is 0 Å². The quantitative estimate of drug-likeness (QED) is 0.745. The third-order valence-corrected chi connectivity index (χ3v) is 3.91. The number of para-hydroxylation sites is 1. The number of hydrogen-bond donors (Lipinski definition) is 1. The van der Waals surface area contributed by atoms with Gasteiger partial charge in [0.15, 0.2) is 0 Å². The molecule has 3 aromatic rings. The van der Waals surface area contributed by atoms with Crippen molar-refractivity contribution >= 4 is 22.7 Å². The number of nitrogens with zero attached hydrogens (tertiary/aromatic N) is 3. The monoisotopic (exact) mass is 282 g/mol. The van der Waals surface area contributed by atoms with Crippen molar-refractivity contribution in [2.75, 3.05) is 6.54 Å². The first kappa shape index (κ1) is 13.0. The average Bonchev–Trinajstić information content (AvgIpc) is 2.50. The minimum absolute atomic E-state index is 0.644. The minimum Gasteiger partial charge on any atom is -0.330 e. The van der Waals surface area contributed by atoms with Gasteiger partial charge in [-0.1, -0.05) is 24.3 Å². The molecule has 0 unspecified atom stereocenters. The molecule has 0 fully saturated rings. The molecule has 3 rings (SSSR count). The fourth-order valence-corrected chi connectivity index (χ4v) is 2.77. The highest BCUT2D eigenvalue weighted by atomic mass is 32.2. The van der Waals surface area contributed by atoms with E-state index in [1.165, 1.54) is 0 Å². The maximum absolute atomic E-state index is 5.53. The van der Waals surface area contributed by atoms with Crippen molar-refractivity contribution in [3.63, 3.8) is 0 Å². The van der Waals surface area contributed by atoms with Gasteiger partial charge in [-0.05, 0) is 42.4 Å². The summed E-state index contributed by atoms with van der Waals surface area (Å²) in [6.45, 7) is 0.644. The first-order valence-electron chi connectivity index (χ1n) is 6.39. The number of hydrogen-bond acceptors (Lipinski definition) is 5. The highest BCUT2D eigenvalue weighted by Crippen LogP contribution is 2.29. The number of aromatic nitrogens is 3. The Labute approximate surface area is 121 Å². The third-order valence-electron chi connectivity index (χ3n) is 2.94. The Kier molecular flexibility index (Phi) is 3.90. The normalized spacial score (nSPS) is 10.8. The van der Waals surface area contributed by atoms with Gasteiger partial charge in [-0.2, -0.15) is 0 Å². The summed E-state index contributed by atoms with van der Waals surface area (Å²) in [6.07, 6.45) is 4.32. The summed E-state index contributed by atoms with van der Waals surface area (Å²) in [5, 5.41) is 2.90. The lowest BCUT2D eigenvalue weighted by molar-refractivity contribution is 0.945. The van der Waals surface area contributed by atoms with Gasteiger partial charge in [0.05, 0.1) is 5.52 Å². The van der Waals surface area contributed by atoms with E-state index in [4.69, 9.17) is 5.73 Å². The summed E-state index contributed by atoms with van der Waals surface area (Å²) in [6, 6.07) is 12.1. The second kappa shape index (κ2) is 5.98. The number of rotatable bonds is 4. The summed E-state index contributed by atoms with van der Waals surface area (Å²) < 4.78 is 0. The Morgan fingerprint density at radius 1 is 1.00 bits per heavy atom. The lowest BCUT2D eigenvalue weighted by Gasteiger charge is -2.04. The average molecular weight is 282 g/mol. The minimum atomic E-state index is 0.644. The molecule has 0 atom stereocenters. The molecule has 0 aliphatic carbocycles. The number of nitrogens with two attached hydrogens (primary N) is 1. The highest BCUT2D eigenvalue weighted by molar-refractivity contribution is 7.99. The van der Waals surface area contributed by atoms with Crippen molar-refractivity contribution < 1.29 is 0 Å². The fraction of sp³-hybridized carbons (Fsp3) is 0.133. The largest absolute Gasteiger partial charge is 0.330 e. The van der Waals surface area contributed by atoms with Crippen LogP contribution in [0.25, 0.3) is 10.9 Å². The summed E-state index contributed by atoms with van der Waals surface area (Å²) in [7, 11) is 0. The molecule has 0 aliphatic heterocycles. The second-order valence-corrected chi connectivity index (χ2v) is 5.35. The van der Waals surface area contributed by atoms with Crippen molar-refractivity contribution in [1.29, 1.82) is 0 Å². The van der Waals surface area contributed by atoms with Gasteiger partial charge in [0.1, 0.15) is 16.4 Å². The molecule has 0 radical (unpaired) electrons. The fourth-order valence-electron chi connectivity index (χ4n) is 1.95. The van der Waals surface area contributed by atoms with Crippen LogP contribution in [0.2, 0.25) is 0 Å². The molecule has 2 N–H and O–H groups in total. The summed E-state index contributed by atoms with van der Waals surface area (Å²) in [5.74, 6) is 0. The van der Waals surface area contributed by atoms with Crippen molar-refractivity contribution in [1.82, 2.24) is 15.0 Å². The molecule has 2 heterocycles. The molecule has 1 aromatic carbocycles. The summed E-state index contributed by atoms with van der Waals surface area (Å²) >= 11 is 1.55. The zero-order valence-electron chi connectivity index (χ0n) is 10.9. The van der Waals surface area contributed by atoms with Gasteiger partial charge in [0, 0.05) is 11.6 Å². The van der Waals surface area contributed by atoms with Gasteiger partial charge in [-0.3, -0.25) is 0 Å². The van der Waals surface area contributed by atoms with Crippen molar-refractivity contribution in [2.24, 2.45) is 5.73 Å². The van der Waals surface area contributed by atoms with E-state index in [0.29, 0.717) is 6.54 Å². The van der Waals surface area contributed by atoms with Crippen LogP contribution >= 0.6 is 11.8 Å². The van der Waals surface area contributed by atoms with Crippen LogP contribution in [0.4, 0.5) is 0 Å². The molecule has 0 bridgehead atoms. The van der Waals surface area contributed by atoms with Crippen LogP contribution in [-0.2, 0) is 6.42 Å². The standard InChI is InChI=1S/C15H14N4S/c16-8-7-11-5-6-14(17-9-11)20-15-12-3-1-2-4-13(12)18-10-19-15/h1-6,9-10H,7-8,16H2. The second-order valence-electron chi connectivity index (χ2n) is 4.34. The SMILES string of the molecule is NCCc1ccc(Sc2ncnc3ccccc23)nc1. The molecule has 0 aliphatic rings. The van der Waals surface area contributed by atoms with E-state index in [9.17, 15) is 0 Å². The summed E-state index contributed by atoms with van der Waals surface area (Å²) in [4.78, 5) is 13.1. The van der Waals surface area contributed by atoms with Crippen molar-refractivity contribution in [2.45, 2.75) is 16.5 Å². The van der Waals surface area contributed by atoms with Crippen LogP contribution in [0.15, 0.2) is 59.0 Å². The van der Waals surface area contributed by atoms with Gasteiger partial charge < -0.3 is 5.73 Å². The van der Waals surface area contributed by atoms with Crippen LogP contribution < -0.4 is 5.73 Å². The maximum Gasteiger partial charge on any atom is 0.117 e. The molecular weight excluding hydrogens is 268 g/mol. The smallest absolute Gasteiger partial charge is 0.117 e. The first-order chi connectivity index (χ1) is 9.86. The molecule has 4 nitrogen and oxygen atoms in total. The topological polar surface area (TPSA) is 64.7 Å². The van der Waals surface area contributed by atoms with Gasteiger partial charge in [-0.25, -0.2) is 15.0 Å². The Morgan fingerprint density at radius 2 is 1.90 bits per heavy atom. The molecule has 0 saturated heterocycles. The number of pyridine rings is 1. The zero-order valence-corrected chi connectivity index (χ0v) is 11.7. The Hall–Kier alpha value is -1.98. The molecule has 20 heavy (non-hydrogen) atoms. The predicted molar refractivity (Wildman–Crippen MR) is 80.7 cm³/mol. The summed E-state index contributed by atoms with van der Waals surface area (Å²) in [5.41, 5.74) is 7.64. The Morgan fingerprint density at radius 3 is 2.70 bits per heavy atom. The van der Waals surface area contributed by atoms with E-state index >= 15 is 0 Å². The Balaban J connectivity index is 1.89. The molecular formula is C15H14N4S. The maximum atomic E-state index is 5.53. The van der Waals surface area contributed by atoms with Crippen LogP contribution in [0.1, 0.15) is 5.56 Å². The van der Waals surface area contributed by atoms with Crippen molar-refractivity contribution in [3.05, 3.63) is 54.5 Å². The van der Waals surface area contributed by atoms with E-state index < -0.39 is 0 Å². The van der Waals surface area contributed by atoms with Gasteiger partial charge >= 0.3 is 0 Å². The van der Waals surface area contributed by atoms with Gasteiger partial charge in [0.2, 0.25) is 0 Å². The third kappa shape index (κ3) is 2.79. The van der Waals surface area contributed by atoms with Gasteiger partial charge in [0.25, 0.3) is 0 Å². The molecule has 0 amide bonds. The van der Waals surface area contributed by atoms with E-state index in [1.807, 2.05) is 36.5 Å². The van der Waals surface area contributed by atoms with E-state index in [2.05, 4.69) is 21.0 Å².